The van der Waals surface area contributed by atoms with Gasteiger partial charge in [-0.2, -0.15) is 0 Å². The highest BCUT2D eigenvalue weighted by Gasteiger charge is 2.44. The summed E-state index contributed by atoms with van der Waals surface area (Å²) in [5, 5.41) is 0. The van der Waals surface area contributed by atoms with Crippen molar-refractivity contribution < 1.29 is 21.6 Å². The summed E-state index contributed by atoms with van der Waals surface area (Å²) in [6, 6.07) is 65.9. The van der Waals surface area contributed by atoms with Gasteiger partial charge in [0, 0.05) is 46.2 Å². The fourth-order valence-electron chi connectivity index (χ4n) is 12.5. The van der Waals surface area contributed by atoms with Gasteiger partial charge in [0.05, 0.1) is 42.9 Å². The standard InChI is InChI=1S/C27H29N3O2S.C24H21N3O.C24H22N2O2S/c1-17-9-11-18(12-10-17)21-16-22(21)26-28-23-14-13-19(15-24(23)29-26)20-7-5-6-8-25(20)33(31,32)30-27(2,3)4;1-14-6-8-15(9-7-14)19-13-20(19)24-26-21-11-10-16(12-22(21)27-24)17-4-2-3-5-18(17)23(25)28;1-15-7-9-16(10-8-15)19-14-20(19)24-25-21-12-11-17(13-22(21)26-24)18-5-3-4-6-23(18)29(2,27)28/h5-15,21-22,30H,16H2,1-4H3,(H,28,29);2-12,19-20H,13H2,1H3,(H2,25,28)(H,26,27);3-13,19-20H,14H2,1-2H3,(H,25,26). The third-order valence-corrected chi connectivity index (χ3v) is 20.4. The minimum atomic E-state index is -3.67. The van der Waals surface area contributed by atoms with Crippen LogP contribution >= 0.6 is 0 Å². The highest BCUT2D eigenvalue weighted by Crippen LogP contribution is 2.56. The maximum Gasteiger partial charge on any atom is 0.249 e. The molecule has 0 aliphatic heterocycles. The van der Waals surface area contributed by atoms with E-state index in [4.69, 9.17) is 20.7 Å². The van der Waals surface area contributed by atoms with Gasteiger partial charge in [0.25, 0.3) is 0 Å². The second kappa shape index (κ2) is 23.6. The predicted molar refractivity (Wildman–Crippen MR) is 360 cm³/mol. The molecule has 3 aliphatic carbocycles. The van der Waals surface area contributed by atoms with Gasteiger partial charge >= 0.3 is 0 Å². The number of aromatic amines is 3. The number of nitrogens with two attached hydrogens (primary N) is 1. The molecule has 0 spiro atoms. The van der Waals surface area contributed by atoms with E-state index in [1.807, 2.05) is 112 Å². The van der Waals surface area contributed by atoms with Crippen LogP contribution in [0.1, 0.15) is 137 Å². The molecule has 15 rings (SSSR count). The number of hydrogen-bond acceptors (Lipinski definition) is 8. The number of primary amides is 1. The number of hydrogen-bond donors (Lipinski definition) is 5. The normalized spacial score (nSPS) is 18.6. The fraction of sp³-hybridized carbons (Fsp3) is 0.227. The van der Waals surface area contributed by atoms with Crippen LogP contribution < -0.4 is 10.5 Å². The number of nitrogens with zero attached hydrogens (tertiary/aromatic N) is 3. The molecule has 9 aromatic carbocycles. The van der Waals surface area contributed by atoms with E-state index in [-0.39, 0.29) is 4.90 Å². The SMILES string of the molecule is Cc1ccc(C2CC2c2nc3ccc(-c4ccccc4C(N)=O)cc3[nH]2)cc1.Cc1ccc(C2CC2c2nc3ccc(-c4ccccc4S(=O)(=O)NC(C)(C)C)cc3[nH]2)cc1.Cc1ccc(C2CC2c2nc3ccc(-c4ccccc4S(C)(=O)=O)cc3[nH]2)cc1. The van der Waals surface area contributed by atoms with Crippen molar-refractivity contribution in [3.05, 3.63) is 257 Å². The number of fused-ring (bicyclic) bond motifs is 3. The quantitative estimate of drug-likeness (QED) is 0.0748. The van der Waals surface area contributed by atoms with Crippen molar-refractivity contribution in [1.29, 1.82) is 0 Å². The monoisotopic (exact) mass is 1230 g/mol. The molecular formula is C75H72N8O5S2. The van der Waals surface area contributed by atoms with Gasteiger partial charge in [-0.3, -0.25) is 4.79 Å². The topological polar surface area (TPSA) is 209 Å². The lowest BCUT2D eigenvalue weighted by atomic mass is 9.99. The second-order valence-electron chi connectivity index (χ2n) is 25.7. The van der Waals surface area contributed by atoms with Crippen LogP contribution in [0.4, 0.5) is 0 Å². The first-order valence-electron chi connectivity index (χ1n) is 30.6. The van der Waals surface area contributed by atoms with Crippen LogP contribution in [0.3, 0.4) is 0 Å². The van der Waals surface area contributed by atoms with Gasteiger partial charge in [0.15, 0.2) is 9.84 Å². The Balaban J connectivity index is 0.000000124. The number of imidazole rings is 3. The van der Waals surface area contributed by atoms with E-state index in [0.717, 1.165) is 97.7 Å². The summed E-state index contributed by atoms with van der Waals surface area (Å²) in [7, 11) is -6.97. The maximum atomic E-state index is 13.1. The lowest BCUT2D eigenvalue weighted by molar-refractivity contribution is 0.100. The Labute approximate surface area is 525 Å². The lowest BCUT2D eigenvalue weighted by Crippen LogP contribution is -2.40. The Kier molecular flexibility index (Phi) is 15.6. The van der Waals surface area contributed by atoms with Crippen LogP contribution in [-0.4, -0.2) is 64.4 Å². The molecule has 6 unspecified atom stereocenters. The summed E-state index contributed by atoms with van der Waals surface area (Å²) < 4.78 is 53.2. The Hall–Kier alpha value is -9.28. The molecule has 3 fully saturated rings. The lowest BCUT2D eigenvalue weighted by Gasteiger charge is -2.21. The van der Waals surface area contributed by atoms with Gasteiger partial charge in [-0.05, 0) is 172 Å². The molecule has 6 atom stereocenters. The molecule has 3 saturated carbocycles. The van der Waals surface area contributed by atoms with Gasteiger partial charge in [-0.25, -0.2) is 36.5 Å². The molecule has 0 radical (unpaired) electrons. The molecule has 12 aromatic rings. The number of aryl methyl sites for hydroxylation is 3. The molecule has 3 heterocycles. The minimum absolute atomic E-state index is 0.278. The van der Waals surface area contributed by atoms with Crippen LogP contribution in [0.2, 0.25) is 0 Å². The minimum Gasteiger partial charge on any atom is -0.366 e. The van der Waals surface area contributed by atoms with Crippen molar-refractivity contribution in [3.8, 4) is 33.4 Å². The number of sulfonamides is 1. The van der Waals surface area contributed by atoms with Crippen molar-refractivity contribution in [2.75, 3.05) is 6.26 Å². The average Bonchev–Trinajstić information content (AvgIpc) is 1.65. The first-order valence-corrected chi connectivity index (χ1v) is 34.0. The zero-order valence-electron chi connectivity index (χ0n) is 51.4. The molecule has 3 aliphatic rings. The number of nitrogens with one attached hydrogen (secondary N) is 4. The number of amides is 1. The van der Waals surface area contributed by atoms with Crippen molar-refractivity contribution in [3.63, 3.8) is 0 Å². The highest BCUT2D eigenvalue weighted by molar-refractivity contribution is 7.91. The molecule has 15 heteroatoms. The Morgan fingerprint density at radius 3 is 1.14 bits per heavy atom. The van der Waals surface area contributed by atoms with E-state index in [9.17, 15) is 21.6 Å². The number of benzene rings is 9. The average molecular weight is 1230 g/mol. The molecule has 454 valence electrons. The summed E-state index contributed by atoms with van der Waals surface area (Å²) in [6.45, 7) is 11.8. The second-order valence-corrected chi connectivity index (χ2v) is 29.3. The molecule has 13 nitrogen and oxygen atoms in total. The number of carbonyl (C=O) groups excluding carboxylic acids is 1. The van der Waals surface area contributed by atoms with Crippen molar-refractivity contribution in [2.24, 2.45) is 5.73 Å². The van der Waals surface area contributed by atoms with Gasteiger partial charge in [-0.1, -0.05) is 162 Å². The predicted octanol–water partition coefficient (Wildman–Crippen LogP) is 16.0. The van der Waals surface area contributed by atoms with Crippen LogP contribution in [0.5, 0.6) is 0 Å². The van der Waals surface area contributed by atoms with Crippen LogP contribution in [0, 0.1) is 20.8 Å². The summed E-state index contributed by atoms with van der Waals surface area (Å²) in [4.78, 5) is 37.3. The van der Waals surface area contributed by atoms with E-state index < -0.39 is 31.3 Å². The first-order chi connectivity index (χ1) is 43.1. The van der Waals surface area contributed by atoms with Gasteiger partial charge in [-0.15, -0.1) is 0 Å². The van der Waals surface area contributed by atoms with Crippen LogP contribution in [0.15, 0.2) is 210 Å². The number of sulfone groups is 1. The van der Waals surface area contributed by atoms with E-state index in [2.05, 4.69) is 119 Å². The van der Waals surface area contributed by atoms with Crippen LogP contribution in [0.25, 0.3) is 66.5 Å². The van der Waals surface area contributed by atoms with Crippen LogP contribution in [-0.2, 0) is 19.9 Å². The number of carbonyl (C=O) groups is 1. The number of H-pyrrole nitrogens is 3. The molecule has 0 saturated heterocycles. The zero-order valence-corrected chi connectivity index (χ0v) is 53.0. The number of aromatic nitrogens is 6. The molecular weight excluding hydrogens is 1160 g/mol. The molecule has 0 bridgehead atoms. The summed E-state index contributed by atoms with van der Waals surface area (Å²) in [6.07, 6.45) is 4.57. The Morgan fingerprint density at radius 2 is 0.778 bits per heavy atom. The third-order valence-electron chi connectivity index (χ3n) is 17.5. The van der Waals surface area contributed by atoms with E-state index >= 15 is 0 Å². The summed E-state index contributed by atoms with van der Waals surface area (Å²) in [5.41, 5.74) is 24.0. The van der Waals surface area contributed by atoms with Crippen molar-refractivity contribution in [2.45, 2.75) is 112 Å². The molecule has 1 amide bonds. The van der Waals surface area contributed by atoms with E-state index in [1.54, 1.807) is 30.3 Å². The summed E-state index contributed by atoms with van der Waals surface area (Å²) >= 11 is 0. The number of rotatable bonds is 13. The first kappa shape index (κ1) is 59.7. The smallest absolute Gasteiger partial charge is 0.249 e. The highest BCUT2D eigenvalue weighted by atomic mass is 32.2. The summed E-state index contributed by atoms with van der Waals surface area (Å²) in [5.74, 6) is 5.45. The Morgan fingerprint density at radius 1 is 0.444 bits per heavy atom. The molecule has 6 N–H and O–H groups in total. The third kappa shape index (κ3) is 12.8. The van der Waals surface area contributed by atoms with Gasteiger partial charge in [0.2, 0.25) is 15.9 Å². The zero-order chi connectivity index (χ0) is 62.8. The van der Waals surface area contributed by atoms with Gasteiger partial charge < -0.3 is 20.7 Å². The molecule has 90 heavy (non-hydrogen) atoms. The van der Waals surface area contributed by atoms with E-state index in [1.165, 1.54) is 39.6 Å². The van der Waals surface area contributed by atoms with Crippen molar-refractivity contribution >= 4 is 58.9 Å². The van der Waals surface area contributed by atoms with Crippen molar-refractivity contribution in [1.82, 2.24) is 34.6 Å². The van der Waals surface area contributed by atoms with E-state index in [0.29, 0.717) is 51.5 Å². The van der Waals surface area contributed by atoms with Gasteiger partial charge in [0.1, 0.15) is 17.5 Å². The molecule has 3 aromatic heterocycles. The fourth-order valence-corrected chi connectivity index (χ4v) is 15.1. The largest absolute Gasteiger partial charge is 0.366 e. The maximum absolute atomic E-state index is 13.1. The Bertz CT molecular complexity index is 4930.